The van der Waals surface area contributed by atoms with Crippen molar-refractivity contribution in [1.82, 2.24) is 10.2 Å². The van der Waals surface area contributed by atoms with Crippen LogP contribution < -0.4 is 5.32 Å². The quantitative estimate of drug-likeness (QED) is 0.767. The van der Waals surface area contributed by atoms with Gasteiger partial charge < -0.3 is 10.2 Å². The molecule has 2 nitrogen and oxygen atoms in total. The monoisotopic (exact) mass is 240 g/mol. The topological polar surface area (TPSA) is 15.3 Å². The first kappa shape index (κ1) is 15.0. The molecule has 2 atom stereocenters. The summed E-state index contributed by atoms with van der Waals surface area (Å²) in [6.07, 6.45) is 5.41. The highest BCUT2D eigenvalue weighted by atomic mass is 15.1. The van der Waals surface area contributed by atoms with E-state index in [2.05, 4.69) is 45.0 Å². The van der Waals surface area contributed by atoms with Crippen molar-refractivity contribution >= 4 is 0 Å². The second kappa shape index (κ2) is 6.75. The van der Waals surface area contributed by atoms with Crippen molar-refractivity contribution in [3.63, 3.8) is 0 Å². The number of hydrogen-bond donors (Lipinski definition) is 1. The van der Waals surface area contributed by atoms with Crippen LogP contribution in [0, 0.1) is 11.3 Å². The molecule has 0 aliphatic heterocycles. The molecule has 1 aliphatic rings. The van der Waals surface area contributed by atoms with Gasteiger partial charge in [-0.25, -0.2) is 0 Å². The summed E-state index contributed by atoms with van der Waals surface area (Å²) >= 11 is 0. The summed E-state index contributed by atoms with van der Waals surface area (Å²) in [6.45, 7) is 13.0. The maximum Gasteiger partial charge on any atom is 0.0159 e. The smallest absolute Gasteiger partial charge is 0.0159 e. The second-order valence-corrected chi connectivity index (χ2v) is 6.43. The number of nitrogens with one attached hydrogen (secondary N) is 1. The van der Waals surface area contributed by atoms with Gasteiger partial charge in [0, 0.05) is 12.6 Å². The van der Waals surface area contributed by atoms with E-state index < -0.39 is 0 Å². The van der Waals surface area contributed by atoms with Gasteiger partial charge >= 0.3 is 0 Å². The Balaban J connectivity index is 2.63. The molecular formula is C15H32N2. The Hall–Kier alpha value is -0.0800. The molecule has 2 heteroatoms. The van der Waals surface area contributed by atoms with Crippen LogP contribution in [0.15, 0.2) is 0 Å². The zero-order valence-corrected chi connectivity index (χ0v) is 12.6. The van der Waals surface area contributed by atoms with Crippen LogP contribution in [0.1, 0.15) is 53.4 Å². The molecular weight excluding hydrogens is 208 g/mol. The molecule has 1 aliphatic carbocycles. The van der Waals surface area contributed by atoms with Crippen molar-refractivity contribution < 1.29 is 0 Å². The van der Waals surface area contributed by atoms with Crippen LogP contribution in [-0.2, 0) is 0 Å². The van der Waals surface area contributed by atoms with Gasteiger partial charge in [-0.2, -0.15) is 0 Å². The van der Waals surface area contributed by atoms with Gasteiger partial charge in [0.2, 0.25) is 0 Å². The molecule has 0 aromatic rings. The Morgan fingerprint density at radius 3 is 2.59 bits per heavy atom. The molecule has 0 bridgehead atoms. The summed E-state index contributed by atoms with van der Waals surface area (Å²) in [7, 11) is 2.25. The largest absolute Gasteiger partial charge is 0.313 e. The second-order valence-electron chi connectivity index (χ2n) is 6.43. The molecule has 0 aromatic carbocycles. The number of nitrogens with zero attached hydrogens (tertiary/aromatic N) is 1. The van der Waals surface area contributed by atoms with Gasteiger partial charge in [-0.1, -0.05) is 34.1 Å². The molecule has 0 heterocycles. The summed E-state index contributed by atoms with van der Waals surface area (Å²) in [5.41, 5.74) is 0.465. The predicted molar refractivity (Wildman–Crippen MR) is 76.4 cm³/mol. The molecule has 2 unspecified atom stereocenters. The lowest BCUT2D eigenvalue weighted by Gasteiger charge is -2.45. The van der Waals surface area contributed by atoms with Crippen LogP contribution in [0.4, 0.5) is 0 Å². The molecule has 1 saturated carbocycles. The van der Waals surface area contributed by atoms with Crippen LogP contribution in [0.25, 0.3) is 0 Å². The van der Waals surface area contributed by atoms with Crippen molar-refractivity contribution in [2.45, 2.75) is 59.4 Å². The average molecular weight is 240 g/mol. The molecule has 0 aromatic heterocycles. The fourth-order valence-electron chi connectivity index (χ4n) is 3.25. The molecule has 0 saturated heterocycles. The van der Waals surface area contributed by atoms with Crippen LogP contribution in [-0.4, -0.2) is 37.6 Å². The van der Waals surface area contributed by atoms with E-state index in [0.29, 0.717) is 11.5 Å². The molecule has 0 radical (unpaired) electrons. The van der Waals surface area contributed by atoms with Gasteiger partial charge in [-0.3, -0.25) is 0 Å². The Kier molecular flexibility index (Phi) is 5.94. The maximum absolute atomic E-state index is 3.81. The van der Waals surface area contributed by atoms with E-state index in [1.807, 2.05) is 0 Å². The fourth-order valence-corrected chi connectivity index (χ4v) is 3.25. The van der Waals surface area contributed by atoms with E-state index in [1.165, 1.54) is 38.8 Å². The highest BCUT2D eigenvalue weighted by molar-refractivity contribution is 4.94. The molecule has 1 N–H and O–H groups in total. The lowest BCUT2D eigenvalue weighted by molar-refractivity contribution is 0.0865. The van der Waals surface area contributed by atoms with Gasteiger partial charge in [-0.05, 0) is 50.7 Å². The lowest BCUT2D eigenvalue weighted by Crippen LogP contribution is -2.52. The van der Waals surface area contributed by atoms with E-state index >= 15 is 0 Å². The Labute approximate surface area is 108 Å². The molecule has 102 valence electrons. The zero-order valence-electron chi connectivity index (χ0n) is 12.6. The highest BCUT2D eigenvalue weighted by Gasteiger charge is 2.38. The average Bonchev–Trinajstić information content (AvgIpc) is 2.27. The van der Waals surface area contributed by atoms with E-state index in [0.717, 1.165) is 12.5 Å². The van der Waals surface area contributed by atoms with Crippen LogP contribution in [0.3, 0.4) is 0 Å². The molecule has 1 rings (SSSR count). The minimum absolute atomic E-state index is 0.465. The summed E-state index contributed by atoms with van der Waals surface area (Å²) in [5.74, 6) is 0.829. The van der Waals surface area contributed by atoms with E-state index in [-0.39, 0.29) is 0 Å². The fraction of sp³-hybridized carbons (Fsp3) is 1.00. The van der Waals surface area contributed by atoms with Gasteiger partial charge in [0.25, 0.3) is 0 Å². The normalized spacial score (nSPS) is 28.6. The third-order valence-electron chi connectivity index (χ3n) is 4.41. The van der Waals surface area contributed by atoms with Gasteiger partial charge in [-0.15, -0.1) is 0 Å². The highest BCUT2D eigenvalue weighted by Crippen LogP contribution is 2.39. The maximum atomic E-state index is 3.81. The summed E-state index contributed by atoms with van der Waals surface area (Å²) in [4.78, 5) is 2.46. The first-order valence-electron chi connectivity index (χ1n) is 7.43. The number of rotatable bonds is 6. The van der Waals surface area contributed by atoms with Gasteiger partial charge in [0.15, 0.2) is 0 Å². The van der Waals surface area contributed by atoms with Crippen molar-refractivity contribution in [2.24, 2.45) is 11.3 Å². The SMILES string of the molecule is CCCNC1C(CN(C)CC)CCCC1(C)C. The third kappa shape index (κ3) is 4.26. The predicted octanol–water partition coefficient (Wildman–Crippen LogP) is 3.13. The van der Waals surface area contributed by atoms with Crippen molar-refractivity contribution in [3.8, 4) is 0 Å². The van der Waals surface area contributed by atoms with Crippen molar-refractivity contribution in [3.05, 3.63) is 0 Å². The first-order chi connectivity index (χ1) is 8.01. The standard InChI is InChI=1S/C15H32N2/c1-6-11-16-14-13(12-17(5)7-2)9-8-10-15(14,3)4/h13-14,16H,6-12H2,1-5H3. The first-order valence-corrected chi connectivity index (χ1v) is 7.43. The zero-order chi connectivity index (χ0) is 12.9. The minimum Gasteiger partial charge on any atom is -0.313 e. The van der Waals surface area contributed by atoms with Gasteiger partial charge in [0.05, 0.1) is 0 Å². The summed E-state index contributed by atoms with van der Waals surface area (Å²) < 4.78 is 0. The molecule has 17 heavy (non-hydrogen) atoms. The molecule has 1 fully saturated rings. The molecule has 0 amide bonds. The van der Waals surface area contributed by atoms with Crippen molar-refractivity contribution in [1.29, 1.82) is 0 Å². The lowest BCUT2D eigenvalue weighted by atomic mass is 9.67. The van der Waals surface area contributed by atoms with Crippen molar-refractivity contribution in [2.75, 3.05) is 26.7 Å². The van der Waals surface area contributed by atoms with E-state index in [4.69, 9.17) is 0 Å². The van der Waals surface area contributed by atoms with Crippen LogP contribution >= 0.6 is 0 Å². The summed E-state index contributed by atoms with van der Waals surface area (Å²) in [6, 6.07) is 0.699. The Morgan fingerprint density at radius 1 is 1.29 bits per heavy atom. The Morgan fingerprint density at radius 2 is 2.00 bits per heavy atom. The Bertz CT molecular complexity index is 213. The van der Waals surface area contributed by atoms with Crippen LogP contribution in [0.2, 0.25) is 0 Å². The minimum atomic E-state index is 0.465. The number of hydrogen-bond acceptors (Lipinski definition) is 2. The van der Waals surface area contributed by atoms with E-state index in [1.54, 1.807) is 0 Å². The van der Waals surface area contributed by atoms with Crippen LogP contribution in [0.5, 0.6) is 0 Å². The summed E-state index contributed by atoms with van der Waals surface area (Å²) in [5, 5.41) is 3.81. The molecule has 0 spiro atoms. The van der Waals surface area contributed by atoms with E-state index in [9.17, 15) is 0 Å². The third-order valence-corrected chi connectivity index (χ3v) is 4.41. The van der Waals surface area contributed by atoms with Gasteiger partial charge in [0.1, 0.15) is 0 Å².